The van der Waals surface area contributed by atoms with Crippen molar-refractivity contribution in [2.75, 3.05) is 26.4 Å². The smallest absolute Gasteiger partial charge is 0.305 e. The number of rotatable bonds is 7. The van der Waals surface area contributed by atoms with Crippen molar-refractivity contribution in [1.82, 2.24) is 4.90 Å². The predicted octanol–water partition coefficient (Wildman–Crippen LogP) is 2.16. The minimum Gasteiger partial charge on any atom is -0.483 e. The molecule has 132 valence electrons. The van der Waals surface area contributed by atoms with E-state index < -0.39 is 5.97 Å². The molecule has 1 aromatic carbocycles. The number of amides is 1. The zero-order valence-corrected chi connectivity index (χ0v) is 14.3. The largest absolute Gasteiger partial charge is 0.483 e. The molecule has 1 amide bonds. The standard InChI is InChI=1S/C18H25NO5/c1-13-4-3-5-14(2)18(13)24-12-16(20)19(9-6-17(21)22)15-7-10-23-11-8-15/h3-5,15H,6-12H2,1-2H3,(H,21,22). The molecule has 0 aromatic heterocycles. The molecule has 0 bridgehead atoms. The molecule has 24 heavy (non-hydrogen) atoms. The fourth-order valence-electron chi connectivity index (χ4n) is 2.97. The molecule has 0 aliphatic carbocycles. The number of hydrogen-bond acceptors (Lipinski definition) is 4. The van der Waals surface area contributed by atoms with Gasteiger partial charge in [0, 0.05) is 25.8 Å². The van der Waals surface area contributed by atoms with Gasteiger partial charge in [-0.3, -0.25) is 9.59 Å². The van der Waals surface area contributed by atoms with E-state index in [-0.39, 0.29) is 31.5 Å². The summed E-state index contributed by atoms with van der Waals surface area (Å²) in [7, 11) is 0. The fraction of sp³-hybridized carbons (Fsp3) is 0.556. The maximum Gasteiger partial charge on any atom is 0.305 e. The average Bonchev–Trinajstić information content (AvgIpc) is 2.55. The Balaban J connectivity index is 2.02. The number of benzene rings is 1. The van der Waals surface area contributed by atoms with Crippen LogP contribution in [0.15, 0.2) is 18.2 Å². The van der Waals surface area contributed by atoms with Crippen molar-refractivity contribution in [3.8, 4) is 5.75 Å². The SMILES string of the molecule is Cc1cccc(C)c1OCC(=O)N(CCC(=O)O)C1CCOCC1. The van der Waals surface area contributed by atoms with Gasteiger partial charge in [0.15, 0.2) is 6.61 Å². The highest BCUT2D eigenvalue weighted by molar-refractivity contribution is 5.79. The Morgan fingerprint density at radius 2 is 1.88 bits per heavy atom. The predicted molar refractivity (Wildman–Crippen MR) is 89.2 cm³/mol. The van der Waals surface area contributed by atoms with Gasteiger partial charge in [0.05, 0.1) is 6.42 Å². The Hall–Kier alpha value is -2.08. The summed E-state index contributed by atoms with van der Waals surface area (Å²) in [5.74, 6) is -0.364. The molecule has 1 heterocycles. The van der Waals surface area contributed by atoms with Gasteiger partial charge in [0.2, 0.25) is 0 Å². The summed E-state index contributed by atoms with van der Waals surface area (Å²) in [4.78, 5) is 25.1. The van der Waals surface area contributed by atoms with Crippen LogP contribution in [0.3, 0.4) is 0 Å². The lowest BCUT2D eigenvalue weighted by molar-refractivity contribution is -0.141. The highest BCUT2D eigenvalue weighted by Crippen LogP contribution is 2.23. The minimum atomic E-state index is -0.907. The number of para-hydroxylation sites is 1. The van der Waals surface area contributed by atoms with Crippen molar-refractivity contribution in [2.45, 2.75) is 39.2 Å². The first kappa shape index (κ1) is 18.3. The van der Waals surface area contributed by atoms with E-state index in [1.807, 2.05) is 32.0 Å². The third-order valence-electron chi connectivity index (χ3n) is 4.27. The maximum atomic E-state index is 12.6. The molecule has 1 N–H and O–H groups in total. The molecule has 0 unspecified atom stereocenters. The summed E-state index contributed by atoms with van der Waals surface area (Å²) < 4.78 is 11.1. The monoisotopic (exact) mass is 335 g/mol. The first-order valence-electron chi connectivity index (χ1n) is 8.27. The van der Waals surface area contributed by atoms with Gasteiger partial charge in [-0.05, 0) is 37.8 Å². The zero-order valence-electron chi connectivity index (χ0n) is 14.3. The second-order valence-electron chi connectivity index (χ2n) is 6.08. The molecule has 1 saturated heterocycles. The van der Waals surface area contributed by atoms with Gasteiger partial charge >= 0.3 is 5.97 Å². The van der Waals surface area contributed by atoms with Crippen molar-refractivity contribution in [1.29, 1.82) is 0 Å². The fourth-order valence-corrected chi connectivity index (χ4v) is 2.97. The van der Waals surface area contributed by atoms with E-state index in [0.717, 1.165) is 29.7 Å². The second-order valence-corrected chi connectivity index (χ2v) is 6.08. The molecule has 1 aromatic rings. The molecule has 6 nitrogen and oxygen atoms in total. The number of carboxylic acid groups (broad SMARTS) is 1. The lowest BCUT2D eigenvalue weighted by atomic mass is 10.1. The van der Waals surface area contributed by atoms with Gasteiger partial charge in [-0.1, -0.05) is 18.2 Å². The molecule has 6 heteroatoms. The Morgan fingerprint density at radius 1 is 1.25 bits per heavy atom. The normalized spacial score (nSPS) is 15.1. The molecule has 1 fully saturated rings. The molecule has 1 aliphatic rings. The number of carbonyl (C=O) groups excluding carboxylic acids is 1. The Bertz CT molecular complexity index is 561. The van der Waals surface area contributed by atoms with Gasteiger partial charge in [-0.25, -0.2) is 0 Å². The zero-order chi connectivity index (χ0) is 17.5. The third kappa shape index (κ3) is 4.96. The Morgan fingerprint density at radius 3 is 2.46 bits per heavy atom. The summed E-state index contributed by atoms with van der Waals surface area (Å²) in [6, 6.07) is 5.84. The van der Waals surface area contributed by atoms with Crippen LogP contribution in [0, 0.1) is 13.8 Å². The quantitative estimate of drug-likeness (QED) is 0.826. The number of ether oxygens (including phenoxy) is 2. The van der Waals surface area contributed by atoms with Crippen LogP contribution < -0.4 is 4.74 Å². The van der Waals surface area contributed by atoms with Crippen LogP contribution in [-0.2, 0) is 14.3 Å². The topological polar surface area (TPSA) is 76.1 Å². The van der Waals surface area contributed by atoms with Crippen LogP contribution in [0.25, 0.3) is 0 Å². The van der Waals surface area contributed by atoms with Gasteiger partial charge < -0.3 is 19.5 Å². The molecule has 2 rings (SSSR count). The van der Waals surface area contributed by atoms with Crippen LogP contribution in [0.1, 0.15) is 30.4 Å². The van der Waals surface area contributed by atoms with Crippen molar-refractivity contribution in [3.63, 3.8) is 0 Å². The van der Waals surface area contributed by atoms with E-state index in [4.69, 9.17) is 14.6 Å². The van der Waals surface area contributed by atoms with Gasteiger partial charge in [-0.2, -0.15) is 0 Å². The number of carboxylic acids is 1. The highest BCUT2D eigenvalue weighted by Gasteiger charge is 2.26. The van der Waals surface area contributed by atoms with Crippen LogP contribution in [0.2, 0.25) is 0 Å². The van der Waals surface area contributed by atoms with Gasteiger partial charge in [0.25, 0.3) is 5.91 Å². The van der Waals surface area contributed by atoms with E-state index in [1.54, 1.807) is 4.90 Å². The summed E-state index contributed by atoms with van der Waals surface area (Å²) >= 11 is 0. The minimum absolute atomic E-state index is 0.0205. The number of nitrogens with zero attached hydrogens (tertiary/aromatic N) is 1. The molecule has 0 atom stereocenters. The highest BCUT2D eigenvalue weighted by atomic mass is 16.5. The first-order valence-corrected chi connectivity index (χ1v) is 8.27. The second kappa shape index (κ2) is 8.68. The van der Waals surface area contributed by atoms with E-state index in [0.29, 0.717) is 13.2 Å². The molecule has 0 spiro atoms. The number of carbonyl (C=O) groups is 2. The maximum absolute atomic E-state index is 12.6. The van der Waals surface area contributed by atoms with Gasteiger partial charge in [0.1, 0.15) is 5.75 Å². The molecule has 0 radical (unpaired) electrons. The van der Waals surface area contributed by atoms with Crippen molar-refractivity contribution < 1.29 is 24.2 Å². The molecule has 1 aliphatic heterocycles. The molecular formula is C18H25NO5. The number of aliphatic carboxylic acids is 1. The Kier molecular flexibility index (Phi) is 6.61. The van der Waals surface area contributed by atoms with Crippen LogP contribution in [-0.4, -0.2) is 54.3 Å². The average molecular weight is 335 g/mol. The summed E-state index contributed by atoms with van der Waals surface area (Å²) in [5, 5.41) is 8.93. The molecule has 0 saturated carbocycles. The van der Waals surface area contributed by atoms with Crippen molar-refractivity contribution in [3.05, 3.63) is 29.3 Å². The number of aryl methyl sites for hydroxylation is 2. The van der Waals surface area contributed by atoms with Gasteiger partial charge in [-0.15, -0.1) is 0 Å². The van der Waals surface area contributed by atoms with Crippen LogP contribution in [0.4, 0.5) is 0 Å². The Labute approximate surface area is 142 Å². The van der Waals surface area contributed by atoms with E-state index in [1.165, 1.54) is 0 Å². The lowest BCUT2D eigenvalue weighted by Gasteiger charge is -2.34. The summed E-state index contributed by atoms with van der Waals surface area (Å²) in [6.45, 7) is 5.19. The van der Waals surface area contributed by atoms with Crippen LogP contribution >= 0.6 is 0 Å². The third-order valence-corrected chi connectivity index (χ3v) is 4.27. The van der Waals surface area contributed by atoms with E-state index >= 15 is 0 Å². The van der Waals surface area contributed by atoms with E-state index in [9.17, 15) is 9.59 Å². The van der Waals surface area contributed by atoms with Crippen LogP contribution in [0.5, 0.6) is 5.75 Å². The number of hydrogen-bond donors (Lipinski definition) is 1. The van der Waals surface area contributed by atoms with E-state index in [2.05, 4.69) is 0 Å². The summed E-state index contributed by atoms with van der Waals surface area (Å²) in [5.41, 5.74) is 1.96. The van der Waals surface area contributed by atoms with Crippen molar-refractivity contribution in [2.24, 2.45) is 0 Å². The van der Waals surface area contributed by atoms with Crippen molar-refractivity contribution >= 4 is 11.9 Å². The summed E-state index contributed by atoms with van der Waals surface area (Å²) in [6.07, 6.45) is 1.40. The molecular weight excluding hydrogens is 310 g/mol. The lowest BCUT2D eigenvalue weighted by Crippen LogP contribution is -2.46. The first-order chi connectivity index (χ1) is 11.5.